The van der Waals surface area contributed by atoms with E-state index in [1.54, 1.807) is 12.1 Å². The molecule has 0 unspecified atom stereocenters. The van der Waals surface area contributed by atoms with Gasteiger partial charge in [0.1, 0.15) is 0 Å². The third kappa shape index (κ3) is 2.43. The summed E-state index contributed by atoms with van der Waals surface area (Å²) in [5.41, 5.74) is 3.14. The molecule has 5 rings (SSSR count). The molecular formula is C22H19N3O2. The van der Waals surface area contributed by atoms with Gasteiger partial charge in [-0.25, -0.2) is 0 Å². The molecule has 2 aliphatic heterocycles. The Bertz CT molecular complexity index is 1020. The summed E-state index contributed by atoms with van der Waals surface area (Å²) < 4.78 is 2.11. The number of imide groups is 1. The van der Waals surface area contributed by atoms with Crippen LogP contribution < -0.4 is 10.2 Å². The summed E-state index contributed by atoms with van der Waals surface area (Å²) in [6.45, 7) is 0.615. The van der Waals surface area contributed by atoms with Crippen molar-refractivity contribution < 1.29 is 9.59 Å². The predicted molar refractivity (Wildman–Crippen MR) is 102 cm³/mol. The van der Waals surface area contributed by atoms with Crippen molar-refractivity contribution in [3.05, 3.63) is 84.2 Å². The second kappa shape index (κ2) is 5.93. The largest absolute Gasteiger partial charge is 0.319 e. The Hall–Kier alpha value is -3.18. The fourth-order valence-electron chi connectivity index (χ4n) is 4.28. The minimum Gasteiger partial charge on any atom is -0.319 e. The standard InChI is InChI=1S/C22H19N3O2/c26-20-13-22(14-21(27)25(20)17-8-2-1-3-9-17)19-11-6-12-24(19)18-10-5-4-7-16(18)15-23-22/h1-12,23H,13-15H2. The summed E-state index contributed by atoms with van der Waals surface area (Å²) in [4.78, 5) is 27.4. The van der Waals surface area contributed by atoms with Gasteiger partial charge in [0.05, 0.1) is 24.1 Å². The number of nitrogens with one attached hydrogen (secondary N) is 1. The maximum Gasteiger partial charge on any atom is 0.236 e. The number of para-hydroxylation sites is 2. The molecule has 3 heterocycles. The number of piperidine rings is 1. The van der Waals surface area contributed by atoms with Gasteiger partial charge in [0.2, 0.25) is 11.8 Å². The molecule has 5 heteroatoms. The lowest BCUT2D eigenvalue weighted by atomic mass is 9.83. The van der Waals surface area contributed by atoms with E-state index in [1.807, 2.05) is 48.7 Å². The van der Waals surface area contributed by atoms with Gasteiger partial charge in [0, 0.05) is 24.1 Å². The number of carbonyl (C=O) groups excluding carboxylic acids is 2. The molecule has 0 aliphatic carbocycles. The first-order valence-electron chi connectivity index (χ1n) is 9.10. The van der Waals surface area contributed by atoms with Crippen LogP contribution in [0.1, 0.15) is 24.1 Å². The van der Waals surface area contributed by atoms with Gasteiger partial charge in [0.25, 0.3) is 0 Å². The molecule has 27 heavy (non-hydrogen) atoms. The van der Waals surface area contributed by atoms with Gasteiger partial charge in [-0.2, -0.15) is 0 Å². The number of nitrogens with zero attached hydrogens (tertiary/aromatic N) is 2. The number of fused-ring (bicyclic) bond motifs is 4. The average molecular weight is 357 g/mol. The van der Waals surface area contributed by atoms with Crippen molar-refractivity contribution in [2.75, 3.05) is 4.90 Å². The highest BCUT2D eigenvalue weighted by molar-refractivity contribution is 6.17. The van der Waals surface area contributed by atoms with Gasteiger partial charge in [-0.05, 0) is 35.9 Å². The zero-order valence-corrected chi connectivity index (χ0v) is 14.8. The van der Waals surface area contributed by atoms with E-state index in [4.69, 9.17) is 0 Å². The van der Waals surface area contributed by atoms with Crippen LogP contribution in [0.2, 0.25) is 0 Å². The Labute approximate surface area is 157 Å². The molecule has 134 valence electrons. The average Bonchev–Trinajstić information content (AvgIpc) is 3.13. The van der Waals surface area contributed by atoms with Crippen LogP contribution in [0.3, 0.4) is 0 Å². The van der Waals surface area contributed by atoms with Crippen molar-refractivity contribution >= 4 is 17.5 Å². The second-order valence-corrected chi connectivity index (χ2v) is 7.14. The fourth-order valence-corrected chi connectivity index (χ4v) is 4.28. The van der Waals surface area contributed by atoms with E-state index in [1.165, 1.54) is 4.90 Å². The molecule has 3 aromatic rings. The van der Waals surface area contributed by atoms with Gasteiger partial charge < -0.3 is 9.88 Å². The van der Waals surface area contributed by atoms with Crippen LogP contribution in [-0.2, 0) is 21.7 Å². The summed E-state index contributed by atoms with van der Waals surface area (Å²) in [5.74, 6) is -0.354. The zero-order valence-electron chi connectivity index (χ0n) is 14.8. The lowest BCUT2D eigenvalue weighted by Crippen LogP contribution is -2.56. The van der Waals surface area contributed by atoms with Crippen molar-refractivity contribution in [3.8, 4) is 5.69 Å². The summed E-state index contributed by atoms with van der Waals surface area (Å²) in [7, 11) is 0. The van der Waals surface area contributed by atoms with Gasteiger partial charge >= 0.3 is 0 Å². The highest BCUT2D eigenvalue weighted by Crippen LogP contribution is 2.39. The summed E-state index contributed by atoms with van der Waals surface area (Å²) in [6.07, 6.45) is 2.48. The number of hydrogen-bond donors (Lipinski definition) is 1. The Balaban J connectivity index is 1.58. The first kappa shape index (κ1) is 16.0. The molecule has 1 N–H and O–H groups in total. The van der Waals surface area contributed by atoms with Crippen LogP contribution in [0.5, 0.6) is 0 Å². The number of rotatable bonds is 1. The van der Waals surface area contributed by atoms with Gasteiger partial charge in [0.15, 0.2) is 0 Å². The van der Waals surface area contributed by atoms with E-state index in [0.29, 0.717) is 12.2 Å². The SMILES string of the molecule is O=C1CC2(CC(=O)N1c1ccccc1)NCc1ccccc1-n1cccc12. The minimum absolute atomic E-state index is 0.177. The van der Waals surface area contributed by atoms with E-state index in [0.717, 1.165) is 16.9 Å². The van der Waals surface area contributed by atoms with Crippen molar-refractivity contribution in [2.24, 2.45) is 0 Å². The first-order valence-corrected chi connectivity index (χ1v) is 9.10. The number of amides is 2. The molecule has 0 saturated carbocycles. The summed E-state index contributed by atoms with van der Waals surface area (Å²) >= 11 is 0. The van der Waals surface area contributed by atoms with E-state index < -0.39 is 5.54 Å². The van der Waals surface area contributed by atoms with Crippen LogP contribution in [-0.4, -0.2) is 16.4 Å². The minimum atomic E-state index is -0.692. The number of aromatic nitrogens is 1. The number of benzene rings is 2. The fraction of sp³-hybridized carbons (Fsp3) is 0.182. The molecule has 2 aliphatic rings. The predicted octanol–water partition coefficient (Wildman–Crippen LogP) is 3.13. The molecule has 2 aromatic carbocycles. The Morgan fingerprint density at radius 3 is 2.30 bits per heavy atom. The smallest absolute Gasteiger partial charge is 0.236 e. The molecule has 2 amide bonds. The van der Waals surface area contributed by atoms with Crippen molar-refractivity contribution in [1.82, 2.24) is 9.88 Å². The van der Waals surface area contributed by atoms with Crippen LogP contribution >= 0.6 is 0 Å². The van der Waals surface area contributed by atoms with E-state index in [2.05, 4.69) is 22.0 Å². The molecular weight excluding hydrogens is 338 g/mol. The van der Waals surface area contributed by atoms with Gasteiger partial charge in [-0.15, -0.1) is 0 Å². The number of anilines is 1. The normalized spacial score (nSPS) is 18.1. The van der Waals surface area contributed by atoms with Crippen molar-refractivity contribution in [3.63, 3.8) is 0 Å². The van der Waals surface area contributed by atoms with Crippen LogP contribution in [0.15, 0.2) is 72.9 Å². The Morgan fingerprint density at radius 2 is 1.52 bits per heavy atom. The monoisotopic (exact) mass is 357 g/mol. The van der Waals surface area contributed by atoms with E-state index in [-0.39, 0.29) is 24.7 Å². The molecule has 5 nitrogen and oxygen atoms in total. The zero-order chi connectivity index (χ0) is 18.4. The Kier molecular flexibility index (Phi) is 3.52. The molecule has 0 atom stereocenters. The van der Waals surface area contributed by atoms with Gasteiger partial charge in [-0.1, -0.05) is 36.4 Å². The molecule has 1 spiro atoms. The van der Waals surface area contributed by atoms with Crippen molar-refractivity contribution in [1.29, 1.82) is 0 Å². The molecule has 1 fully saturated rings. The third-order valence-corrected chi connectivity index (χ3v) is 5.53. The molecule has 0 bridgehead atoms. The number of carbonyl (C=O) groups is 2. The van der Waals surface area contributed by atoms with Crippen molar-refractivity contribution in [2.45, 2.75) is 24.9 Å². The molecule has 1 saturated heterocycles. The van der Waals surface area contributed by atoms with Crippen LogP contribution in [0, 0.1) is 0 Å². The number of hydrogen-bond acceptors (Lipinski definition) is 3. The van der Waals surface area contributed by atoms with Gasteiger partial charge in [-0.3, -0.25) is 14.5 Å². The molecule has 1 aromatic heterocycles. The highest BCUT2D eigenvalue weighted by atomic mass is 16.2. The lowest BCUT2D eigenvalue weighted by Gasteiger charge is -2.40. The first-order chi connectivity index (χ1) is 13.2. The Morgan fingerprint density at radius 1 is 0.815 bits per heavy atom. The quantitative estimate of drug-likeness (QED) is 0.681. The topological polar surface area (TPSA) is 54.3 Å². The maximum atomic E-state index is 13.1. The summed E-state index contributed by atoms with van der Waals surface area (Å²) in [6, 6.07) is 21.3. The molecule has 0 radical (unpaired) electrons. The van der Waals surface area contributed by atoms with E-state index >= 15 is 0 Å². The highest BCUT2D eigenvalue weighted by Gasteiger charge is 2.47. The van der Waals surface area contributed by atoms with E-state index in [9.17, 15) is 9.59 Å². The second-order valence-electron chi connectivity index (χ2n) is 7.14. The van der Waals surface area contributed by atoms with Crippen LogP contribution in [0.4, 0.5) is 5.69 Å². The summed E-state index contributed by atoms with van der Waals surface area (Å²) in [5, 5.41) is 3.54. The van der Waals surface area contributed by atoms with Crippen LogP contribution in [0.25, 0.3) is 5.69 Å². The lowest BCUT2D eigenvalue weighted by molar-refractivity contribution is -0.132. The third-order valence-electron chi connectivity index (χ3n) is 5.53. The maximum absolute atomic E-state index is 13.1.